The van der Waals surface area contributed by atoms with Gasteiger partial charge in [-0.3, -0.25) is 4.79 Å². The Morgan fingerprint density at radius 2 is 1.88 bits per heavy atom. The summed E-state index contributed by atoms with van der Waals surface area (Å²) in [6.45, 7) is 0.0567. The molecule has 0 fully saturated rings. The molecule has 26 heavy (non-hydrogen) atoms. The van der Waals surface area contributed by atoms with Crippen LogP contribution in [0.4, 0.5) is 8.78 Å². The Morgan fingerprint density at radius 3 is 2.50 bits per heavy atom. The van der Waals surface area contributed by atoms with Gasteiger partial charge in [0.15, 0.2) is 11.6 Å². The Bertz CT molecular complexity index is 749. The van der Waals surface area contributed by atoms with Crippen molar-refractivity contribution in [2.24, 2.45) is 5.73 Å². The maximum absolute atomic E-state index is 13.7. The number of rotatable bonds is 7. The second-order valence-corrected chi connectivity index (χ2v) is 6.33. The molecule has 0 saturated heterocycles. The molecule has 0 radical (unpaired) electrons. The van der Waals surface area contributed by atoms with Crippen LogP contribution in [0.3, 0.4) is 0 Å². The minimum Gasteiger partial charge on any atom is -0.383 e. The van der Waals surface area contributed by atoms with Crippen molar-refractivity contribution in [2.75, 3.05) is 20.0 Å². The SMILES string of the molecule is COCC(N)C(=O)NC(c1cccc(SC)c1)c1ccc(F)c(F)c1.Cl. The molecule has 3 N–H and O–H groups in total. The zero-order chi connectivity index (χ0) is 18.4. The Kier molecular flexibility index (Phi) is 9.01. The number of thioether (sulfide) groups is 1. The highest BCUT2D eigenvalue weighted by Crippen LogP contribution is 2.27. The zero-order valence-electron chi connectivity index (χ0n) is 14.4. The van der Waals surface area contributed by atoms with E-state index in [4.69, 9.17) is 10.5 Å². The Labute approximate surface area is 161 Å². The van der Waals surface area contributed by atoms with Crippen molar-refractivity contribution < 1.29 is 18.3 Å². The van der Waals surface area contributed by atoms with Gasteiger partial charge in [0.2, 0.25) is 5.91 Å². The highest BCUT2D eigenvalue weighted by Gasteiger charge is 2.22. The largest absolute Gasteiger partial charge is 0.383 e. The molecule has 0 aromatic heterocycles. The molecule has 1 amide bonds. The Balaban J connectivity index is 0.00000338. The number of amides is 1. The number of carbonyl (C=O) groups is 1. The van der Waals surface area contributed by atoms with E-state index in [9.17, 15) is 13.6 Å². The van der Waals surface area contributed by atoms with Gasteiger partial charge >= 0.3 is 0 Å². The fourth-order valence-corrected chi connectivity index (χ4v) is 2.85. The molecular weight excluding hydrogens is 382 g/mol. The first-order valence-corrected chi connectivity index (χ1v) is 8.82. The van der Waals surface area contributed by atoms with Crippen LogP contribution in [0.5, 0.6) is 0 Å². The van der Waals surface area contributed by atoms with Gasteiger partial charge < -0.3 is 15.8 Å². The van der Waals surface area contributed by atoms with E-state index in [0.29, 0.717) is 5.56 Å². The number of hydrogen-bond donors (Lipinski definition) is 2. The van der Waals surface area contributed by atoms with Crippen molar-refractivity contribution in [1.82, 2.24) is 5.32 Å². The number of nitrogens with two attached hydrogens (primary N) is 1. The van der Waals surface area contributed by atoms with Gasteiger partial charge in [0.25, 0.3) is 0 Å². The summed E-state index contributed by atoms with van der Waals surface area (Å²) < 4.78 is 31.8. The summed E-state index contributed by atoms with van der Waals surface area (Å²) >= 11 is 1.54. The van der Waals surface area contributed by atoms with Gasteiger partial charge in [0.1, 0.15) is 6.04 Å². The molecule has 2 aromatic carbocycles. The number of methoxy groups -OCH3 is 1. The van der Waals surface area contributed by atoms with E-state index >= 15 is 0 Å². The van der Waals surface area contributed by atoms with Gasteiger partial charge in [0.05, 0.1) is 12.6 Å². The van der Waals surface area contributed by atoms with Crippen LogP contribution in [-0.2, 0) is 9.53 Å². The van der Waals surface area contributed by atoms with Gasteiger partial charge in [-0.05, 0) is 41.6 Å². The van der Waals surface area contributed by atoms with Crippen molar-refractivity contribution in [1.29, 1.82) is 0 Å². The summed E-state index contributed by atoms with van der Waals surface area (Å²) in [6.07, 6.45) is 1.93. The third kappa shape index (κ3) is 5.67. The lowest BCUT2D eigenvalue weighted by Crippen LogP contribution is -2.45. The highest BCUT2D eigenvalue weighted by atomic mass is 35.5. The highest BCUT2D eigenvalue weighted by molar-refractivity contribution is 7.98. The van der Waals surface area contributed by atoms with Crippen LogP contribution in [0.15, 0.2) is 47.4 Å². The van der Waals surface area contributed by atoms with Crippen molar-refractivity contribution in [3.63, 3.8) is 0 Å². The summed E-state index contributed by atoms with van der Waals surface area (Å²) in [5.74, 6) is -2.35. The molecule has 8 heteroatoms. The number of carbonyl (C=O) groups excluding carboxylic acids is 1. The number of ether oxygens (including phenoxy) is 1. The fourth-order valence-electron chi connectivity index (χ4n) is 2.38. The molecule has 0 saturated carbocycles. The molecular formula is C18H21ClF2N2O2S. The molecule has 0 heterocycles. The second kappa shape index (κ2) is 10.5. The molecule has 0 aliphatic carbocycles. The molecule has 0 bridgehead atoms. The van der Waals surface area contributed by atoms with E-state index in [1.165, 1.54) is 13.2 Å². The lowest BCUT2D eigenvalue weighted by Gasteiger charge is -2.22. The van der Waals surface area contributed by atoms with Crippen LogP contribution in [0.2, 0.25) is 0 Å². The molecule has 2 aromatic rings. The van der Waals surface area contributed by atoms with Crippen molar-refractivity contribution in [2.45, 2.75) is 17.0 Å². The average Bonchev–Trinajstić information content (AvgIpc) is 2.62. The Hall–Kier alpha value is -1.67. The van der Waals surface area contributed by atoms with Crippen molar-refractivity contribution in [3.05, 3.63) is 65.2 Å². The standard InChI is InChI=1S/C18H20F2N2O2S.ClH/c1-24-10-16(21)18(23)22-17(11-4-3-5-13(8-11)25-2)12-6-7-14(19)15(20)9-12;/h3-9,16-17H,10,21H2,1-2H3,(H,22,23);1H. The number of hydrogen-bond acceptors (Lipinski definition) is 4. The summed E-state index contributed by atoms with van der Waals surface area (Å²) in [6, 6.07) is 9.51. The van der Waals surface area contributed by atoms with Gasteiger partial charge in [-0.2, -0.15) is 0 Å². The summed E-state index contributed by atoms with van der Waals surface area (Å²) in [5.41, 5.74) is 6.94. The maximum Gasteiger partial charge on any atom is 0.240 e. The molecule has 0 spiro atoms. The van der Waals surface area contributed by atoms with Crippen LogP contribution in [-0.4, -0.2) is 31.9 Å². The molecule has 0 aliphatic rings. The Morgan fingerprint density at radius 1 is 1.19 bits per heavy atom. The third-order valence-electron chi connectivity index (χ3n) is 3.67. The molecule has 4 nitrogen and oxygen atoms in total. The minimum absolute atomic E-state index is 0. The van der Waals surface area contributed by atoms with E-state index in [0.717, 1.165) is 22.6 Å². The van der Waals surface area contributed by atoms with E-state index in [-0.39, 0.29) is 19.0 Å². The molecule has 2 atom stereocenters. The van der Waals surface area contributed by atoms with Gasteiger partial charge in [-0.1, -0.05) is 18.2 Å². The van der Waals surface area contributed by atoms with E-state index < -0.39 is 29.6 Å². The zero-order valence-corrected chi connectivity index (χ0v) is 16.0. The summed E-state index contributed by atoms with van der Waals surface area (Å²) in [7, 11) is 1.45. The summed E-state index contributed by atoms with van der Waals surface area (Å²) in [4.78, 5) is 13.3. The van der Waals surface area contributed by atoms with Crippen molar-refractivity contribution >= 4 is 30.1 Å². The number of benzene rings is 2. The van der Waals surface area contributed by atoms with Crippen LogP contribution in [0.25, 0.3) is 0 Å². The maximum atomic E-state index is 13.7. The van der Waals surface area contributed by atoms with Crippen molar-refractivity contribution in [3.8, 4) is 0 Å². The first-order valence-electron chi connectivity index (χ1n) is 7.60. The van der Waals surface area contributed by atoms with Crippen LogP contribution in [0, 0.1) is 11.6 Å². The quantitative estimate of drug-likeness (QED) is 0.697. The first-order chi connectivity index (χ1) is 12.0. The third-order valence-corrected chi connectivity index (χ3v) is 4.40. The lowest BCUT2D eigenvalue weighted by molar-refractivity contribution is -0.123. The number of halogens is 3. The monoisotopic (exact) mass is 402 g/mol. The van der Waals surface area contributed by atoms with E-state index in [1.807, 2.05) is 30.5 Å². The van der Waals surface area contributed by atoms with E-state index in [2.05, 4.69) is 5.32 Å². The molecule has 2 unspecified atom stereocenters. The van der Waals surface area contributed by atoms with Crippen LogP contribution in [0.1, 0.15) is 17.2 Å². The van der Waals surface area contributed by atoms with Gasteiger partial charge in [0, 0.05) is 12.0 Å². The first kappa shape index (κ1) is 22.4. The molecule has 142 valence electrons. The molecule has 2 rings (SSSR count). The fraction of sp³-hybridized carbons (Fsp3) is 0.278. The minimum atomic E-state index is -0.973. The normalized spacial score (nSPS) is 12.8. The summed E-state index contributed by atoms with van der Waals surface area (Å²) in [5, 5.41) is 2.79. The van der Waals surface area contributed by atoms with Crippen LogP contribution >= 0.6 is 24.2 Å². The van der Waals surface area contributed by atoms with Crippen LogP contribution < -0.4 is 11.1 Å². The van der Waals surface area contributed by atoms with E-state index in [1.54, 1.807) is 11.8 Å². The topological polar surface area (TPSA) is 64.3 Å². The van der Waals surface area contributed by atoms with Gasteiger partial charge in [-0.25, -0.2) is 8.78 Å². The predicted octanol–water partition coefficient (Wildman–Crippen LogP) is 3.29. The smallest absolute Gasteiger partial charge is 0.240 e. The lowest BCUT2D eigenvalue weighted by atomic mass is 9.98. The molecule has 0 aliphatic heterocycles. The number of nitrogens with one attached hydrogen (secondary N) is 1. The average molecular weight is 403 g/mol. The van der Waals surface area contributed by atoms with Gasteiger partial charge in [-0.15, -0.1) is 24.2 Å². The second-order valence-electron chi connectivity index (χ2n) is 5.45. The predicted molar refractivity (Wildman–Crippen MR) is 102 cm³/mol.